The molecule has 0 bridgehead atoms. The minimum atomic E-state index is -0.408. The Kier molecular flexibility index (Phi) is 8.98. The fourth-order valence-electron chi connectivity index (χ4n) is 2.67. The Morgan fingerprint density at radius 3 is 2.63 bits per heavy atom. The summed E-state index contributed by atoms with van der Waals surface area (Å²) in [6.07, 6.45) is 3.87. The molecule has 0 aliphatic heterocycles. The first-order chi connectivity index (χ1) is 14.2. The number of benzene rings is 2. The molecule has 0 aromatic heterocycles. The molecule has 2 aromatic carbocycles. The van der Waals surface area contributed by atoms with Crippen LogP contribution in [0.15, 0.2) is 53.0 Å². The van der Waals surface area contributed by atoms with E-state index in [4.69, 9.17) is 27.9 Å². The van der Waals surface area contributed by atoms with Crippen molar-refractivity contribution in [2.45, 2.75) is 32.9 Å². The Hall–Kier alpha value is -2.26. The van der Waals surface area contributed by atoms with Crippen LogP contribution in [0.4, 0.5) is 0 Å². The van der Waals surface area contributed by atoms with Crippen LogP contribution in [-0.2, 0) is 17.8 Å². The summed E-state index contributed by atoms with van der Waals surface area (Å²) in [6, 6.07) is 10.9. The van der Waals surface area contributed by atoms with Crippen molar-refractivity contribution in [3.63, 3.8) is 0 Å². The Balaban J connectivity index is 2.33. The van der Waals surface area contributed by atoms with Crippen molar-refractivity contribution in [2.24, 2.45) is 0 Å². The Morgan fingerprint density at radius 1 is 1.30 bits per heavy atom. The third-order valence-corrected chi connectivity index (χ3v) is 5.30. The van der Waals surface area contributed by atoms with Crippen molar-refractivity contribution >= 4 is 51.1 Å². The third-order valence-electron chi connectivity index (χ3n) is 3.97. The number of ether oxygens (including phenoxy) is 1. The van der Waals surface area contributed by atoms with Crippen LogP contribution < -0.4 is 10.1 Å². The highest BCUT2D eigenvalue weighted by molar-refractivity contribution is 9.10. The van der Waals surface area contributed by atoms with E-state index in [1.807, 2.05) is 32.0 Å². The number of allylic oxidation sites excluding steroid dienone is 1. The molecule has 4 nitrogen and oxygen atoms in total. The van der Waals surface area contributed by atoms with Gasteiger partial charge in [0.2, 0.25) is 0 Å². The minimum absolute atomic E-state index is 0.0321. The standard InChI is InChI=1S/C23H21BrCl2N2O2/c1-4-5-17-8-16(9-18(12-27)23(29)28-14(2)3)10-19(24)22(17)30-13-15-6-7-20(25)21(26)11-15/h4,6-11,14H,1,5,13H2,2-3H3,(H,28,29)/b18-9-. The number of nitrogens with zero attached hydrogens (tertiary/aromatic N) is 1. The van der Waals surface area contributed by atoms with Gasteiger partial charge in [-0.2, -0.15) is 5.26 Å². The molecule has 2 rings (SSSR count). The topological polar surface area (TPSA) is 62.1 Å². The van der Waals surface area contributed by atoms with Crippen molar-refractivity contribution in [2.75, 3.05) is 0 Å². The Bertz CT molecular complexity index is 1030. The predicted molar refractivity (Wildman–Crippen MR) is 126 cm³/mol. The maximum Gasteiger partial charge on any atom is 0.262 e. The Labute approximate surface area is 195 Å². The monoisotopic (exact) mass is 506 g/mol. The van der Waals surface area contributed by atoms with Gasteiger partial charge in [-0.15, -0.1) is 6.58 Å². The van der Waals surface area contributed by atoms with E-state index in [0.717, 1.165) is 11.1 Å². The van der Waals surface area contributed by atoms with Gasteiger partial charge in [0.15, 0.2) is 0 Å². The van der Waals surface area contributed by atoms with Gasteiger partial charge in [-0.3, -0.25) is 4.79 Å². The van der Waals surface area contributed by atoms with Crippen LogP contribution in [-0.4, -0.2) is 11.9 Å². The summed E-state index contributed by atoms with van der Waals surface area (Å²) >= 11 is 15.6. The van der Waals surface area contributed by atoms with Crippen LogP contribution in [0, 0.1) is 11.3 Å². The molecular weight excluding hydrogens is 487 g/mol. The van der Waals surface area contributed by atoms with E-state index in [-0.39, 0.29) is 11.6 Å². The largest absolute Gasteiger partial charge is 0.487 e. The van der Waals surface area contributed by atoms with E-state index in [2.05, 4.69) is 27.8 Å². The van der Waals surface area contributed by atoms with Crippen LogP contribution in [0.25, 0.3) is 6.08 Å². The number of amides is 1. The number of carbonyl (C=O) groups excluding carboxylic acids is 1. The van der Waals surface area contributed by atoms with E-state index >= 15 is 0 Å². The third kappa shape index (κ3) is 6.63. The van der Waals surface area contributed by atoms with Gasteiger partial charge in [-0.25, -0.2) is 0 Å². The lowest BCUT2D eigenvalue weighted by Crippen LogP contribution is -2.30. The van der Waals surface area contributed by atoms with Gasteiger partial charge < -0.3 is 10.1 Å². The molecular formula is C23H21BrCl2N2O2. The fraction of sp³-hybridized carbons (Fsp3) is 0.217. The van der Waals surface area contributed by atoms with Gasteiger partial charge in [0.25, 0.3) is 5.91 Å². The number of rotatable bonds is 8. The zero-order chi connectivity index (χ0) is 22.3. The summed E-state index contributed by atoms with van der Waals surface area (Å²) in [5.74, 6) is 0.247. The summed E-state index contributed by atoms with van der Waals surface area (Å²) in [6.45, 7) is 7.78. The van der Waals surface area contributed by atoms with Gasteiger partial charge >= 0.3 is 0 Å². The maximum absolute atomic E-state index is 12.2. The van der Waals surface area contributed by atoms with Crippen LogP contribution >= 0.6 is 39.1 Å². The lowest BCUT2D eigenvalue weighted by atomic mass is 10.0. The molecule has 0 atom stereocenters. The van der Waals surface area contributed by atoms with Crippen molar-refractivity contribution in [1.29, 1.82) is 5.26 Å². The molecule has 0 aliphatic rings. The maximum atomic E-state index is 12.2. The normalized spacial score (nSPS) is 11.2. The van der Waals surface area contributed by atoms with Gasteiger partial charge in [-0.1, -0.05) is 35.3 Å². The van der Waals surface area contributed by atoms with E-state index in [1.54, 1.807) is 30.4 Å². The lowest BCUT2D eigenvalue weighted by molar-refractivity contribution is -0.117. The van der Waals surface area contributed by atoms with Crippen LogP contribution in [0.5, 0.6) is 5.75 Å². The van der Waals surface area contributed by atoms with Crippen molar-refractivity contribution in [3.05, 3.63) is 79.8 Å². The highest BCUT2D eigenvalue weighted by Gasteiger charge is 2.14. The molecule has 30 heavy (non-hydrogen) atoms. The molecule has 0 spiro atoms. The average Bonchev–Trinajstić information content (AvgIpc) is 2.67. The summed E-state index contributed by atoms with van der Waals surface area (Å²) in [4.78, 5) is 12.2. The SMILES string of the molecule is C=CCc1cc(/C=C(/C#N)C(=O)NC(C)C)cc(Br)c1OCc1ccc(Cl)c(Cl)c1. The highest BCUT2D eigenvalue weighted by atomic mass is 79.9. The summed E-state index contributed by atoms with van der Waals surface area (Å²) in [5.41, 5.74) is 2.48. The summed E-state index contributed by atoms with van der Waals surface area (Å²) in [7, 11) is 0. The number of carbonyl (C=O) groups is 1. The molecule has 0 radical (unpaired) electrons. The molecule has 7 heteroatoms. The number of nitriles is 1. The first-order valence-corrected chi connectivity index (χ1v) is 10.7. The second kappa shape index (κ2) is 11.2. The molecule has 0 aliphatic carbocycles. The van der Waals surface area contributed by atoms with Crippen LogP contribution in [0.3, 0.4) is 0 Å². The zero-order valence-electron chi connectivity index (χ0n) is 16.6. The Morgan fingerprint density at radius 2 is 2.03 bits per heavy atom. The van der Waals surface area contributed by atoms with E-state index in [0.29, 0.717) is 38.9 Å². The van der Waals surface area contributed by atoms with Gasteiger partial charge in [0.1, 0.15) is 24.0 Å². The first kappa shape index (κ1) is 24.0. The predicted octanol–water partition coefficient (Wildman–Crippen LogP) is 6.49. The summed E-state index contributed by atoms with van der Waals surface area (Å²) in [5, 5.41) is 13.0. The number of nitrogens with one attached hydrogen (secondary N) is 1. The zero-order valence-corrected chi connectivity index (χ0v) is 19.7. The number of hydrogen-bond donors (Lipinski definition) is 1. The second-order valence-corrected chi connectivity index (χ2v) is 8.49. The molecule has 0 saturated carbocycles. The van der Waals surface area contributed by atoms with E-state index in [9.17, 15) is 10.1 Å². The number of hydrogen-bond acceptors (Lipinski definition) is 3. The smallest absolute Gasteiger partial charge is 0.262 e. The number of halogens is 3. The van der Waals surface area contributed by atoms with Crippen molar-refractivity contribution in [3.8, 4) is 11.8 Å². The quantitative estimate of drug-likeness (QED) is 0.252. The summed E-state index contributed by atoms with van der Waals surface area (Å²) < 4.78 is 6.73. The molecule has 1 N–H and O–H groups in total. The van der Waals surface area contributed by atoms with Crippen LogP contribution in [0.1, 0.15) is 30.5 Å². The molecule has 2 aromatic rings. The van der Waals surface area contributed by atoms with E-state index < -0.39 is 5.91 Å². The van der Waals surface area contributed by atoms with Crippen molar-refractivity contribution < 1.29 is 9.53 Å². The first-order valence-electron chi connectivity index (χ1n) is 9.17. The van der Waals surface area contributed by atoms with Gasteiger partial charge in [0.05, 0.1) is 14.5 Å². The highest BCUT2D eigenvalue weighted by Crippen LogP contribution is 2.33. The van der Waals surface area contributed by atoms with Crippen molar-refractivity contribution in [1.82, 2.24) is 5.32 Å². The molecule has 0 heterocycles. The minimum Gasteiger partial charge on any atom is -0.487 e. The molecule has 156 valence electrons. The molecule has 0 fully saturated rings. The lowest BCUT2D eigenvalue weighted by Gasteiger charge is -2.15. The molecule has 1 amide bonds. The van der Waals surface area contributed by atoms with Crippen LogP contribution in [0.2, 0.25) is 10.0 Å². The van der Waals surface area contributed by atoms with Gasteiger partial charge in [0, 0.05) is 6.04 Å². The van der Waals surface area contributed by atoms with Gasteiger partial charge in [-0.05, 0) is 83.2 Å². The molecule has 0 unspecified atom stereocenters. The molecule has 0 saturated heterocycles. The van der Waals surface area contributed by atoms with E-state index in [1.165, 1.54) is 0 Å². The second-order valence-electron chi connectivity index (χ2n) is 6.82. The average molecular weight is 508 g/mol. The fourth-order valence-corrected chi connectivity index (χ4v) is 3.62.